The van der Waals surface area contributed by atoms with Crippen LogP contribution in [-0.2, 0) is 6.42 Å². The molecule has 0 saturated heterocycles. The number of aliphatic hydroxyl groups is 1. The summed E-state index contributed by atoms with van der Waals surface area (Å²) in [5, 5.41) is 12.0. The minimum absolute atomic E-state index is 0.0305. The number of fused-ring (bicyclic) bond motifs is 1. The molecule has 1 unspecified atom stereocenters. The van der Waals surface area contributed by atoms with Gasteiger partial charge in [-0.15, -0.1) is 11.3 Å². The average molecular weight is 383 g/mol. The van der Waals surface area contributed by atoms with Gasteiger partial charge >= 0.3 is 4.87 Å². The van der Waals surface area contributed by atoms with Crippen molar-refractivity contribution < 1.29 is 5.11 Å². The van der Waals surface area contributed by atoms with Crippen LogP contribution in [0.4, 0.5) is 0 Å². The molecule has 0 amide bonds. The molecule has 4 rings (SSSR count). The Kier molecular flexibility index (Phi) is 4.67. The number of aliphatic hydroxyl groups excluding tert-OH is 1. The van der Waals surface area contributed by atoms with E-state index in [1.807, 2.05) is 29.6 Å². The van der Waals surface area contributed by atoms with E-state index in [0.29, 0.717) is 6.42 Å². The van der Waals surface area contributed by atoms with Crippen LogP contribution in [0.25, 0.3) is 21.6 Å². The van der Waals surface area contributed by atoms with E-state index >= 15 is 0 Å². The number of nitrogens with zero attached hydrogens (tertiary/aromatic N) is 2. The summed E-state index contributed by atoms with van der Waals surface area (Å²) >= 11 is 2.85. The van der Waals surface area contributed by atoms with Crippen LogP contribution in [0.1, 0.15) is 29.0 Å². The second-order valence-corrected chi connectivity index (χ2v) is 7.99. The predicted molar refractivity (Wildman–Crippen MR) is 106 cm³/mol. The van der Waals surface area contributed by atoms with Crippen LogP contribution in [0.3, 0.4) is 0 Å². The summed E-state index contributed by atoms with van der Waals surface area (Å²) in [6.45, 7) is 2.25. The predicted octanol–water partition coefficient (Wildman–Crippen LogP) is 3.79. The summed E-state index contributed by atoms with van der Waals surface area (Å²) in [5.41, 5.74) is 4.72. The van der Waals surface area contributed by atoms with E-state index in [1.54, 1.807) is 17.5 Å². The molecule has 4 aromatic rings. The molecule has 0 aliphatic carbocycles. The molecule has 0 bridgehead atoms. The van der Waals surface area contributed by atoms with Gasteiger partial charge in [-0.2, -0.15) is 0 Å². The number of aromatic nitrogens is 3. The highest BCUT2D eigenvalue weighted by Crippen LogP contribution is 2.31. The zero-order chi connectivity index (χ0) is 18.1. The van der Waals surface area contributed by atoms with Gasteiger partial charge in [-0.3, -0.25) is 9.78 Å². The molecule has 1 atom stereocenters. The summed E-state index contributed by atoms with van der Waals surface area (Å²) < 4.78 is 0.970. The third-order valence-corrected chi connectivity index (χ3v) is 6.20. The number of thiazole rings is 2. The number of rotatable bonds is 5. The number of nitrogens with one attached hydrogen (secondary N) is 1. The van der Waals surface area contributed by atoms with Gasteiger partial charge in [0.15, 0.2) is 0 Å². The molecule has 5 nitrogen and oxygen atoms in total. The van der Waals surface area contributed by atoms with Crippen LogP contribution in [0, 0.1) is 0 Å². The second kappa shape index (κ2) is 7.11. The molecule has 0 saturated carbocycles. The first-order valence-corrected chi connectivity index (χ1v) is 9.98. The lowest BCUT2D eigenvalue weighted by atomic mass is 10.0. The highest BCUT2D eigenvalue weighted by molar-refractivity contribution is 7.16. The summed E-state index contributed by atoms with van der Waals surface area (Å²) in [6.07, 6.45) is 2.40. The maximum Gasteiger partial charge on any atom is 0.305 e. The van der Waals surface area contributed by atoms with Gasteiger partial charge in [-0.05, 0) is 35.7 Å². The highest BCUT2D eigenvalue weighted by atomic mass is 32.1. The van der Waals surface area contributed by atoms with Crippen molar-refractivity contribution in [3.05, 3.63) is 67.7 Å². The van der Waals surface area contributed by atoms with Gasteiger partial charge in [0.2, 0.25) is 0 Å². The van der Waals surface area contributed by atoms with E-state index in [1.165, 1.54) is 11.3 Å². The molecule has 26 heavy (non-hydrogen) atoms. The Morgan fingerprint density at radius 3 is 2.88 bits per heavy atom. The van der Waals surface area contributed by atoms with Crippen LogP contribution in [0.15, 0.2) is 46.7 Å². The first-order chi connectivity index (χ1) is 12.6. The lowest BCUT2D eigenvalue weighted by Gasteiger charge is -2.08. The normalized spacial score (nSPS) is 12.5. The highest BCUT2D eigenvalue weighted by Gasteiger charge is 2.15. The summed E-state index contributed by atoms with van der Waals surface area (Å²) in [6, 6.07) is 9.97. The van der Waals surface area contributed by atoms with E-state index in [-0.39, 0.29) is 17.4 Å². The number of H-pyrrole nitrogens is 1. The molecule has 132 valence electrons. The van der Waals surface area contributed by atoms with Gasteiger partial charge < -0.3 is 10.1 Å². The van der Waals surface area contributed by atoms with Crippen LogP contribution in [-0.4, -0.2) is 26.7 Å². The van der Waals surface area contributed by atoms with Gasteiger partial charge in [0.05, 0.1) is 21.6 Å². The number of aromatic amines is 1. The quantitative estimate of drug-likeness (QED) is 0.549. The van der Waals surface area contributed by atoms with E-state index in [0.717, 1.165) is 37.7 Å². The monoisotopic (exact) mass is 383 g/mol. The third kappa shape index (κ3) is 3.33. The Balaban J connectivity index is 1.60. The van der Waals surface area contributed by atoms with Crippen LogP contribution in [0.5, 0.6) is 0 Å². The van der Waals surface area contributed by atoms with Crippen molar-refractivity contribution in [1.82, 2.24) is 15.0 Å². The zero-order valence-corrected chi connectivity index (χ0v) is 15.7. The van der Waals surface area contributed by atoms with Crippen LogP contribution >= 0.6 is 22.7 Å². The molecule has 3 heterocycles. The second-order valence-electron chi connectivity index (χ2n) is 6.09. The third-order valence-electron chi connectivity index (χ3n) is 4.33. The molecule has 3 aromatic heterocycles. The largest absolute Gasteiger partial charge is 0.396 e. The molecular formula is C19H17N3O2S2. The molecule has 1 aromatic carbocycles. The topological polar surface area (TPSA) is 78.9 Å². The van der Waals surface area contributed by atoms with E-state index in [9.17, 15) is 4.79 Å². The molecule has 2 N–H and O–H groups in total. The van der Waals surface area contributed by atoms with E-state index in [4.69, 9.17) is 10.1 Å². The average Bonchev–Trinajstić information content (AvgIpc) is 3.27. The Morgan fingerprint density at radius 2 is 2.12 bits per heavy atom. The van der Waals surface area contributed by atoms with Crippen molar-refractivity contribution in [2.24, 2.45) is 0 Å². The number of pyridine rings is 1. The maximum absolute atomic E-state index is 11.5. The fourth-order valence-electron chi connectivity index (χ4n) is 2.83. The van der Waals surface area contributed by atoms with Crippen molar-refractivity contribution in [2.75, 3.05) is 6.61 Å². The van der Waals surface area contributed by atoms with Crippen molar-refractivity contribution in [1.29, 1.82) is 0 Å². The minimum Gasteiger partial charge on any atom is -0.396 e. The van der Waals surface area contributed by atoms with Crippen molar-refractivity contribution in [3.8, 4) is 11.4 Å². The van der Waals surface area contributed by atoms with Gasteiger partial charge in [0, 0.05) is 24.1 Å². The van der Waals surface area contributed by atoms with Gasteiger partial charge in [0.1, 0.15) is 5.01 Å². The van der Waals surface area contributed by atoms with Gasteiger partial charge in [0.25, 0.3) is 0 Å². The maximum atomic E-state index is 11.5. The first kappa shape index (κ1) is 17.1. The number of benzene rings is 1. The molecule has 0 fully saturated rings. The van der Waals surface area contributed by atoms with E-state index < -0.39 is 0 Å². The van der Waals surface area contributed by atoms with Crippen molar-refractivity contribution in [3.63, 3.8) is 0 Å². The summed E-state index contributed by atoms with van der Waals surface area (Å²) in [4.78, 5) is 23.5. The Labute approximate surface area is 158 Å². The van der Waals surface area contributed by atoms with Crippen LogP contribution in [0.2, 0.25) is 0 Å². The molecule has 0 aliphatic heterocycles. The van der Waals surface area contributed by atoms with Crippen molar-refractivity contribution >= 4 is 32.9 Å². The van der Waals surface area contributed by atoms with Gasteiger partial charge in [-0.25, -0.2) is 4.98 Å². The number of hydrogen-bond acceptors (Lipinski definition) is 6. The fraction of sp³-hybridized carbons (Fsp3) is 0.211. The molecule has 0 spiro atoms. The minimum atomic E-state index is -0.0305. The van der Waals surface area contributed by atoms with E-state index in [2.05, 4.69) is 23.0 Å². The molecule has 7 heteroatoms. The van der Waals surface area contributed by atoms with Crippen LogP contribution < -0.4 is 4.87 Å². The first-order valence-electron chi connectivity index (χ1n) is 8.28. The van der Waals surface area contributed by atoms with Crippen molar-refractivity contribution in [2.45, 2.75) is 19.3 Å². The Hall–Kier alpha value is -2.35. The lowest BCUT2D eigenvalue weighted by Crippen LogP contribution is -1.96. The molecule has 0 radical (unpaired) electrons. The number of hydrogen-bond donors (Lipinski definition) is 2. The standard InChI is InChI=1S/C19H17N3O2S2/c1-11(13-3-5-15-17(8-13)26-19(24)22-15)18-21-16(10-25-18)14-4-2-12(6-7-23)9-20-14/h2-5,8-11,23H,6-7H2,1H3,(H,22,24). The summed E-state index contributed by atoms with van der Waals surface area (Å²) in [7, 11) is 0. The molecular weight excluding hydrogens is 366 g/mol. The summed E-state index contributed by atoms with van der Waals surface area (Å²) in [5.74, 6) is 0.143. The SMILES string of the molecule is CC(c1ccc2[nH]c(=O)sc2c1)c1nc(-c2ccc(CCO)cn2)cs1. The molecule has 0 aliphatic rings. The Bertz CT molecular complexity index is 1100. The fourth-order valence-corrected chi connectivity index (χ4v) is 4.51. The van der Waals surface area contributed by atoms with Gasteiger partial charge in [-0.1, -0.05) is 30.4 Å². The smallest absolute Gasteiger partial charge is 0.305 e. The lowest BCUT2D eigenvalue weighted by molar-refractivity contribution is 0.299. The Morgan fingerprint density at radius 1 is 1.23 bits per heavy atom. The zero-order valence-electron chi connectivity index (χ0n) is 14.1.